The SMILES string of the molecule is CN(Cc1ccc(Br)cc1)CC(CN)CC(C)(C)C. The summed E-state index contributed by atoms with van der Waals surface area (Å²) >= 11 is 3.47. The van der Waals surface area contributed by atoms with Crippen molar-refractivity contribution < 1.29 is 0 Å². The van der Waals surface area contributed by atoms with E-state index in [4.69, 9.17) is 5.73 Å². The van der Waals surface area contributed by atoms with Gasteiger partial charge >= 0.3 is 0 Å². The van der Waals surface area contributed by atoms with Gasteiger partial charge in [0.2, 0.25) is 0 Å². The van der Waals surface area contributed by atoms with E-state index in [0.717, 1.165) is 24.1 Å². The van der Waals surface area contributed by atoms with Crippen LogP contribution < -0.4 is 5.73 Å². The van der Waals surface area contributed by atoms with Crippen molar-refractivity contribution in [2.24, 2.45) is 17.1 Å². The van der Waals surface area contributed by atoms with Crippen LogP contribution in [0.4, 0.5) is 0 Å². The molecule has 0 heterocycles. The molecule has 0 saturated heterocycles. The van der Waals surface area contributed by atoms with Crippen molar-refractivity contribution in [3.05, 3.63) is 34.3 Å². The Morgan fingerprint density at radius 1 is 1.21 bits per heavy atom. The van der Waals surface area contributed by atoms with Crippen LogP contribution in [-0.2, 0) is 6.54 Å². The maximum atomic E-state index is 5.91. The first-order chi connectivity index (χ1) is 8.80. The molecule has 0 aliphatic heterocycles. The maximum Gasteiger partial charge on any atom is 0.0230 e. The highest BCUT2D eigenvalue weighted by atomic mass is 79.9. The second-order valence-corrected chi connectivity index (χ2v) is 7.61. The smallest absolute Gasteiger partial charge is 0.0230 e. The Hall–Kier alpha value is -0.380. The highest BCUT2D eigenvalue weighted by Crippen LogP contribution is 2.24. The second kappa shape index (κ2) is 7.41. The summed E-state index contributed by atoms with van der Waals surface area (Å²) in [5.41, 5.74) is 7.60. The minimum atomic E-state index is 0.350. The lowest BCUT2D eigenvalue weighted by atomic mass is 9.84. The third-order valence-electron chi connectivity index (χ3n) is 3.17. The van der Waals surface area contributed by atoms with Gasteiger partial charge in [0.25, 0.3) is 0 Å². The van der Waals surface area contributed by atoms with Crippen LogP contribution in [-0.4, -0.2) is 25.0 Å². The van der Waals surface area contributed by atoms with Crippen LogP contribution in [0, 0.1) is 11.3 Å². The zero-order valence-corrected chi connectivity index (χ0v) is 14.2. The lowest BCUT2D eigenvalue weighted by molar-refractivity contribution is 0.216. The topological polar surface area (TPSA) is 29.3 Å². The number of hydrogen-bond donors (Lipinski definition) is 1. The molecule has 1 unspecified atom stereocenters. The summed E-state index contributed by atoms with van der Waals surface area (Å²) in [6, 6.07) is 8.53. The number of rotatable bonds is 6. The number of benzene rings is 1. The fourth-order valence-corrected chi connectivity index (χ4v) is 2.76. The third-order valence-corrected chi connectivity index (χ3v) is 3.70. The number of hydrogen-bond acceptors (Lipinski definition) is 2. The maximum absolute atomic E-state index is 5.91. The van der Waals surface area contributed by atoms with Crippen LogP contribution >= 0.6 is 15.9 Å². The standard InChI is InChI=1S/C16H27BrN2/c1-16(2,3)9-14(10-18)12-19(4)11-13-5-7-15(17)8-6-13/h5-8,14H,9-12,18H2,1-4H3. The van der Waals surface area contributed by atoms with Gasteiger partial charge in [0.05, 0.1) is 0 Å². The predicted octanol–water partition coefficient (Wildman–Crippen LogP) is 3.89. The van der Waals surface area contributed by atoms with Crippen molar-refractivity contribution >= 4 is 15.9 Å². The molecule has 1 aromatic carbocycles. The summed E-state index contributed by atoms with van der Waals surface area (Å²) in [6.45, 7) is 9.65. The number of halogens is 1. The molecule has 0 aromatic heterocycles. The molecular weight excluding hydrogens is 300 g/mol. The molecule has 19 heavy (non-hydrogen) atoms. The second-order valence-electron chi connectivity index (χ2n) is 6.69. The zero-order chi connectivity index (χ0) is 14.5. The summed E-state index contributed by atoms with van der Waals surface area (Å²) in [6.07, 6.45) is 1.17. The summed E-state index contributed by atoms with van der Waals surface area (Å²) in [5, 5.41) is 0. The van der Waals surface area contributed by atoms with Crippen LogP contribution in [0.2, 0.25) is 0 Å². The van der Waals surface area contributed by atoms with Crippen molar-refractivity contribution in [2.45, 2.75) is 33.7 Å². The van der Waals surface area contributed by atoms with E-state index >= 15 is 0 Å². The van der Waals surface area contributed by atoms with E-state index in [1.165, 1.54) is 12.0 Å². The predicted molar refractivity (Wildman–Crippen MR) is 87.1 cm³/mol. The van der Waals surface area contributed by atoms with Crippen molar-refractivity contribution in [1.29, 1.82) is 0 Å². The fraction of sp³-hybridized carbons (Fsp3) is 0.625. The van der Waals surface area contributed by atoms with Gasteiger partial charge in [-0.05, 0) is 49.0 Å². The monoisotopic (exact) mass is 326 g/mol. The number of nitrogens with zero attached hydrogens (tertiary/aromatic N) is 1. The highest BCUT2D eigenvalue weighted by molar-refractivity contribution is 9.10. The van der Waals surface area contributed by atoms with Gasteiger partial charge in [0.1, 0.15) is 0 Å². The van der Waals surface area contributed by atoms with Crippen LogP contribution in [0.1, 0.15) is 32.8 Å². The Morgan fingerprint density at radius 3 is 2.26 bits per heavy atom. The first kappa shape index (κ1) is 16.7. The molecule has 1 aromatic rings. The summed E-state index contributed by atoms with van der Waals surface area (Å²) in [7, 11) is 2.17. The molecular formula is C16H27BrN2. The summed E-state index contributed by atoms with van der Waals surface area (Å²) in [5.74, 6) is 0.570. The average molecular weight is 327 g/mol. The number of nitrogens with two attached hydrogens (primary N) is 1. The van der Waals surface area contributed by atoms with E-state index in [0.29, 0.717) is 11.3 Å². The molecule has 0 spiro atoms. The molecule has 0 bridgehead atoms. The molecule has 2 nitrogen and oxygen atoms in total. The van der Waals surface area contributed by atoms with Crippen LogP contribution in [0.5, 0.6) is 0 Å². The first-order valence-corrected chi connectivity index (χ1v) is 7.72. The van der Waals surface area contributed by atoms with E-state index in [1.54, 1.807) is 0 Å². The Labute approximate surface area is 126 Å². The molecule has 1 rings (SSSR count). The van der Waals surface area contributed by atoms with E-state index in [9.17, 15) is 0 Å². The van der Waals surface area contributed by atoms with Gasteiger partial charge in [0.15, 0.2) is 0 Å². The third kappa shape index (κ3) is 7.09. The molecule has 108 valence electrons. The van der Waals surface area contributed by atoms with Gasteiger partial charge in [-0.1, -0.05) is 48.8 Å². The molecule has 2 N–H and O–H groups in total. The van der Waals surface area contributed by atoms with Gasteiger partial charge < -0.3 is 10.6 Å². The molecule has 0 saturated carbocycles. The van der Waals surface area contributed by atoms with Gasteiger partial charge in [-0.15, -0.1) is 0 Å². The van der Waals surface area contributed by atoms with Crippen molar-refractivity contribution in [1.82, 2.24) is 4.90 Å². The fourth-order valence-electron chi connectivity index (χ4n) is 2.50. The van der Waals surface area contributed by atoms with Crippen molar-refractivity contribution in [2.75, 3.05) is 20.1 Å². The van der Waals surface area contributed by atoms with Gasteiger partial charge in [-0.2, -0.15) is 0 Å². The van der Waals surface area contributed by atoms with Gasteiger partial charge in [0, 0.05) is 17.6 Å². The Kier molecular flexibility index (Phi) is 6.51. The Morgan fingerprint density at radius 2 is 1.79 bits per heavy atom. The lowest BCUT2D eigenvalue weighted by Gasteiger charge is -2.28. The minimum absolute atomic E-state index is 0.350. The van der Waals surface area contributed by atoms with Crippen LogP contribution in [0.15, 0.2) is 28.7 Å². The normalized spacial score (nSPS) is 13.8. The molecule has 3 heteroatoms. The lowest BCUT2D eigenvalue weighted by Crippen LogP contribution is -2.32. The first-order valence-electron chi connectivity index (χ1n) is 6.93. The molecule has 0 amide bonds. The van der Waals surface area contributed by atoms with Crippen LogP contribution in [0.25, 0.3) is 0 Å². The van der Waals surface area contributed by atoms with Gasteiger partial charge in [-0.3, -0.25) is 0 Å². The Bertz CT molecular complexity index is 367. The average Bonchev–Trinajstić information content (AvgIpc) is 2.29. The molecule has 0 radical (unpaired) electrons. The van der Waals surface area contributed by atoms with Crippen molar-refractivity contribution in [3.8, 4) is 0 Å². The molecule has 0 aliphatic rings. The van der Waals surface area contributed by atoms with E-state index < -0.39 is 0 Å². The summed E-state index contributed by atoms with van der Waals surface area (Å²) < 4.78 is 1.13. The molecule has 0 aliphatic carbocycles. The highest BCUT2D eigenvalue weighted by Gasteiger charge is 2.19. The zero-order valence-electron chi connectivity index (χ0n) is 12.6. The van der Waals surface area contributed by atoms with Gasteiger partial charge in [-0.25, -0.2) is 0 Å². The summed E-state index contributed by atoms with van der Waals surface area (Å²) in [4.78, 5) is 2.37. The largest absolute Gasteiger partial charge is 0.330 e. The Balaban J connectivity index is 2.49. The quantitative estimate of drug-likeness (QED) is 0.859. The minimum Gasteiger partial charge on any atom is -0.330 e. The van der Waals surface area contributed by atoms with E-state index in [1.807, 2.05) is 0 Å². The molecule has 0 fully saturated rings. The van der Waals surface area contributed by atoms with Crippen molar-refractivity contribution in [3.63, 3.8) is 0 Å². The van der Waals surface area contributed by atoms with E-state index in [2.05, 4.69) is 72.9 Å². The van der Waals surface area contributed by atoms with E-state index in [-0.39, 0.29) is 0 Å². The van der Waals surface area contributed by atoms with Crippen LogP contribution in [0.3, 0.4) is 0 Å². The molecule has 1 atom stereocenters.